The highest BCUT2D eigenvalue weighted by Gasteiger charge is 2.13. The van der Waals surface area contributed by atoms with Crippen molar-refractivity contribution in [1.82, 2.24) is 5.32 Å². The van der Waals surface area contributed by atoms with Gasteiger partial charge in [0, 0.05) is 12.1 Å². The molecule has 1 amide bonds. The molecule has 3 aromatic carbocycles. The zero-order valence-corrected chi connectivity index (χ0v) is 17.6. The Bertz CT molecular complexity index is 1070. The lowest BCUT2D eigenvalue weighted by atomic mass is 10.1. The fourth-order valence-electron chi connectivity index (χ4n) is 2.72. The summed E-state index contributed by atoms with van der Waals surface area (Å²) >= 11 is 0. The van der Waals surface area contributed by atoms with Crippen LogP contribution in [0.3, 0.4) is 0 Å². The van der Waals surface area contributed by atoms with Crippen LogP contribution in [0, 0.1) is 5.82 Å². The normalized spacial score (nSPS) is 10.2. The van der Waals surface area contributed by atoms with Crippen molar-refractivity contribution >= 4 is 11.9 Å². The first-order valence-electron chi connectivity index (χ1n) is 9.66. The number of halogens is 1. The van der Waals surface area contributed by atoms with Crippen LogP contribution in [0.5, 0.6) is 23.0 Å². The van der Waals surface area contributed by atoms with Gasteiger partial charge >= 0.3 is 5.97 Å². The first-order chi connectivity index (χ1) is 15.5. The topological polar surface area (TPSA) is 83.1 Å². The van der Waals surface area contributed by atoms with Crippen LogP contribution in [0.15, 0.2) is 66.7 Å². The molecule has 3 rings (SSSR count). The number of hydrogen-bond acceptors (Lipinski definition) is 6. The van der Waals surface area contributed by atoms with Crippen molar-refractivity contribution in [2.24, 2.45) is 0 Å². The maximum absolute atomic E-state index is 13.0. The number of rotatable bonds is 9. The Morgan fingerprint density at radius 1 is 0.875 bits per heavy atom. The second kappa shape index (κ2) is 10.8. The molecular formula is C24H22FNO6. The van der Waals surface area contributed by atoms with Gasteiger partial charge in [0.15, 0.2) is 18.1 Å². The summed E-state index contributed by atoms with van der Waals surface area (Å²) < 4.78 is 33.8. The molecule has 7 nitrogen and oxygen atoms in total. The highest BCUT2D eigenvalue weighted by molar-refractivity contribution is 5.94. The molecule has 0 bridgehead atoms. The van der Waals surface area contributed by atoms with Gasteiger partial charge in [0.25, 0.3) is 5.91 Å². The van der Waals surface area contributed by atoms with Crippen molar-refractivity contribution in [3.8, 4) is 23.0 Å². The zero-order valence-electron chi connectivity index (χ0n) is 17.6. The van der Waals surface area contributed by atoms with E-state index >= 15 is 0 Å². The number of benzene rings is 3. The van der Waals surface area contributed by atoms with Crippen LogP contribution in [-0.2, 0) is 16.1 Å². The van der Waals surface area contributed by atoms with Crippen LogP contribution in [0.4, 0.5) is 4.39 Å². The molecule has 0 fully saturated rings. The summed E-state index contributed by atoms with van der Waals surface area (Å²) in [5.74, 6) is 0.569. The van der Waals surface area contributed by atoms with E-state index < -0.39 is 5.97 Å². The minimum Gasteiger partial charge on any atom is -0.493 e. The molecule has 0 unspecified atom stereocenters. The summed E-state index contributed by atoms with van der Waals surface area (Å²) in [7, 11) is 2.72. The van der Waals surface area contributed by atoms with Gasteiger partial charge in [0.1, 0.15) is 17.3 Å². The Morgan fingerprint density at radius 2 is 1.53 bits per heavy atom. The van der Waals surface area contributed by atoms with E-state index in [1.165, 1.54) is 32.4 Å². The number of methoxy groups -OCH3 is 2. The lowest BCUT2D eigenvalue weighted by Gasteiger charge is -2.12. The van der Waals surface area contributed by atoms with Crippen molar-refractivity contribution < 1.29 is 32.9 Å². The molecule has 8 heteroatoms. The Kier molecular flexibility index (Phi) is 7.64. The van der Waals surface area contributed by atoms with Crippen LogP contribution >= 0.6 is 0 Å². The summed E-state index contributed by atoms with van der Waals surface area (Å²) in [4.78, 5) is 23.9. The SMILES string of the molecule is COC(=O)COc1cc(C(=O)NCc2ccc(Oc3ccc(F)cc3)cc2)ccc1OC. The molecule has 0 saturated heterocycles. The average molecular weight is 439 g/mol. The van der Waals surface area contributed by atoms with Crippen molar-refractivity contribution in [3.63, 3.8) is 0 Å². The van der Waals surface area contributed by atoms with Gasteiger partial charge in [-0.25, -0.2) is 9.18 Å². The summed E-state index contributed by atoms with van der Waals surface area (Å²) in [5.41, 5.74) is 1.21. The molecule has 0 heterocycles. The molecule has 0 spiro atoms. The molecule has 0 aromatic heterocycles. The number of hydrogen-bond donors (Lipinski definition) is 1. The lowest BCUT2D eigenvalue weighted by Crippen LogP contribution is -2.23. The Morgan fingerprint density at radius 3 is 2.16 bits per heavy atom. The monoisotopic (exact) mass is 439 g/mol. The average Bonchev–Trinajstić information content (AvgIpc) is 2.83. The zero-order chi connectivity index (χ0) is 22.9. The molecule has 0 aliphatic carbocycles. The maximum Gasteiger partial charge on any atom is 0.343 e. The van der Waals surface area contributed by atoms with E-state index in [0.29, 0.717) is 29.4 Å². The van der Waals surface area contributed by atoms with Crippen LogP contribution in [0.25, 0.3) is 0 Å². The van der Waals surface area contributed by atoms with Crippen molar-refractivity contribution in [1.29, 1.82) is 0 Å². The van der Waals surface area contributed by atoms with E-state index in [-0.39, 0.29) is 24.1 Å². The number of nitrogens with one attached hydrogen (secondary N) is 1. The van der Waals surface area contributed by atoms with E-state index in [0.717, 1.165) is 5.56 Å². The van der Waals surface area contributed by atoms with E-state index in [1.54, 1.807) is 36.4 Å². The predicted molar refractivity (Wildman–Crippen MR) is 115 cm³/mol. The third-order valence-corrected chi connectivity index (χ3v) is 4.42. The largest absolute Gasteiger partial charge is 0.493 e. The van der Waals surface area contributed by atoms with Crippen LogP contribution in [-0.4, -0.2) is 32.7 Å². The summed E-state index contributed by atoms with van der Waals surface area (Å²) in [5, 5.41) is 2.82. The van der Waals surface area contributed by atoms with Gasteiger partial charge in [0.2, 0.25) is 0 Å². The van der Waals surface area contributed by atoms with Crippen molar-refractivity contribution in [2.45, 2.75) is 6.54 Å². The highest BCUT2D eigenvalue weighted by Crippen LogP contribution is 2.28. The van der Waals surface area contributed by atoms with Crippen molar-refractivity contribution in [3.05, 3.63) is 83.7 Å². The summed E-state index contributed by atoms with van der Waals surface area (Å²) in [6.07, 6.45) is 0. The fourth-order valence-corrected chi connectivity index (χ4v) is 2.72. The second-order valence-electron chi connectivity index (χ2n) is 6.61. The Labute approximate surface area is 184 Å². The number of esters is 1. The summed E-state index contributed by atoms with van der Waals surface area (Å²) in [6.45, 7) is -0.00961. The van der Waals surface area contributed by atoms with E-state index in [2.05, 4.69) is 10.1 Å². The third kappa shape index (κ3) is 6.21. The Balaban J connectivity index is 1.58. The molecule has 32 heavy (non-hydrogen) atoms. The van der Waals surface area contributed by atoms with Gasteiger partial charge in [-0.2, -0.15) is 0 Å². The molecule has 0 aliphatic heterocycles. The quantitative estimate of drug-likeness (QED) is 0.506. The van der Waals surface area contributed by atoms with Crippen LogP contribution in [0.2, 0.25) is 0 Å². The molecular weight excluding hydrogens is 417 g/mol. The molecule has 0 saturated carbocycles. The molecule has 3 aromatic rings. The third-order valence-electron chi connectivity index (χ3n) is 4.42. The first kappa shape index (κ1) is 22.6. The molecule has 0 atom stereocenters. The smallest absolute Gasteiger partial charge is 0.343 e. The number of amides is 1. The Hall–Kier alpha value is -4.07. The van der Waals surface area contributed by atoms with Crippen LogP contribution < -0.4 is 19.5 Å². The van der Waals surface area contributed by atoms with Gasteiger partial charge in [0.05, 0.1) is 14.2 Å². The molecule has 0 radical (unpaired) electrons. The number of carbonyl (C=O) groups is 2. The first-order valence-corrected chi connectivity index (χ1v) is 9.66. The van der Waals surface area contributed by atoms with Gasteiger partial charge in [-0.3, -0.25) is 4.79 Å². The van der Waals surface area contributed by atoms with Gasteiger partial charge in [-0.05, 0) is 60.2 Å². The minimum absolute atomic E-state index is 0.257. The van der Waals surface area contributed by atoms with E-state index in [1.807, 2.05) is 12.1 Å². The van der Waals surface area contributed by atoms with E-state index in [4.69, 9.17) is 14.2 Å². The second-order valence-corrected chi connectivity index (χ2v) is 6.61. The van der Waals surface area contributed by atoms with Gasteiger partial charge in [-0.15, -0.1) is 0 Å². The highest BCUT2D eigenvalue weighted by atomic mass is 19.1. The fraction of sp³-hybridized carbons (Fsp3) is 0.167. The maximum atomic E-state index is 13.0. The van der Waals surface area contributed by atoms with Crippen LogP contribution in [0.1, 0.15) is 15.9 Å². The van der Waals surface area contributed by atoms with Crippen molar-refractivity contribution in [2.75, 3.05) is 20.8 Å². The minimum atomic E-state index is -0.547. The summed E-state index contributed by atoms with van der Waals surface area (Å²) in [6, 6.07) is 17.6. The number of carbonyl (C=O) groups excluding carboxylic acids is 2. The molecule has 1 N–H and O–H groups in total. The molecule has 166 valence electrons. The number of ether oxygens (including phenoxy) is 4. The van der Waals surface area contributed by atoms with Gasteiger partial charge in [-0.1, -0.05) is 12.1 Å². The molecule has 0 aliphatic rings. The van der Waals surface area contributed by atoms with E-state index in [9.17, 15) is 14.0 Å². The van der Waals surface area contributed by atoms with Gasteiger partial charge < -0.3 is 24.3 Å². The predicted octanol–water partition coefficient (Wildman–Crippen LogP) is 4.11. The lowest BCUT2D eigenvalue weighted by molar-refractivity contribution is -0.142. The standard InChI is InChI=1S/C24H22FNO6/c1-29-21-12-5-17(13-22(21)31-15-23(27)30-2)24(28)26-14-16-3-8-19(9-4-16)32-20-10-6-18(25)7-11-20/h3-13H,14-15H2,1-2H3,(H,26,28).